The van der Waals surface area contributed by atoms with E-state index in [0.29, 0.717) is 5.69 Å². The number of rotatable bonds is 6. The third kappa shape index (κ3) is 5.13. The van der Waals surface area contributed by atoms with Crippen LogP contribution in [0.2, 0.25) is 0 Å². The summed E-state index contributed by atoms with van der Waals surface area (Å²) < 4.78 is 58.0. The minimum absolute atomic E-state index is 0.0444. The third-order valence-corrected chi connectivity index (χ3v) is 6.16. The van der Waals surface area contributed by atoms with Gasteiger partial charge in [-0.2, -0.15) is 0 Å². The van der Waals surface area contributed by atoms with Gasteiger partial charge >= 0.3 is 0 Å². The maximum Gasteiger partial charge on any atom is 0.250 e. The summed E-state index contributed by atoms with van der Waals surface area (Å²) in [5.74, 6) is -2.04. The van der Waals surface area contributed by atoms with Gasteiger partial charge in [-0.25, -0.2) is 13.6 Å². The molecule has 3 fully saturated rings. The van der Waals surface area contributed by atoms with Crippen molar-refractivity contribution < 1.29 is 41.6 Å². The molecule has 0 aromatic heterocycles. The van der Waals surface area contributed by atoms with Gasteiger partial charge in [-0.3, -0.25) is 4.79 Å². The van der Waals surface area contributed by atoms with Gasteiger partial charge < -0.3 is 33.7 Å². The SMILES string of the molecule is CC1(C)O[C@@H]2[C@@H](O1)[C@@H](COCC(=O)Nc1ccc(S(N)(=O)=O)cc1)O[C@H]1OC(C)(C)O[C@@H]12. The number of carbonyl (C=O) groups excluding carboxylic acids is 1. The second-order valence-corrected chi connectivity index (χ2v) is 10.4. The van der Waals surface area contributed by atoms with E-state index in [9.17, 15) is 13.2 Å². The first-order valence-electron chi connectivity index (χ1n) is 10.2. The van der Waals surface area contributed by atoms with Gasteiger partial charge in [0.25, 0.3) is 0 Å². The van der Waals surface area contributed by atoms with Gasteiger partial charge in [-0.15, -0.1) is 0 Å². The molecule has 0 radical (unpaired) electrons. The minimum Gasteiger partial charge on any atom is -0.369 e. The lowest BCUT2D eigenvalue weighted by Crippen LogP contribution is -2.56. The standard InChI is InChI=1S/C20H28N2O9S/c1-19(2)28-15-13(27-18-17(16(15)29-19)30-20(3,4)31-18)9-26-10-14(23)22-11-5-7-12(8-6-11)32(21,24)25/h5-8,13,15-18H,9-10H2,1-4H3,(H,22,23)(H2,21,24,25)/t13-,15+,16-,17-,18+/m1/s1. The number of benzene rings is 1. The van der Waals surface area contributed by atoms with E-state index >= 15 is 0 Å². The monoisotopic (exact) mass is 472 g/mol. The molecule has 0 spiro atoms. The summed E-state index contributed by atoms with van der Waals surface area (Å²) >= 11 is 0. The number of primary sulfonamides is 1. The number of nitrogens with two attached hydrogens (primary N) is 1. The van der Waals surface area contributed by atoms with Crippen LogP contribution in [-0.4, -0.2) is 69.8 Å². The first-order valence-corrected chi connectivity index (χ1v) is 11.7. The van der Waals surface area contributed by atoms with Crippen molar-refractivity contribution in [1.82, 2.24) is 0 Å². The zero-order chi connectivity index (χ0) is 23.3. The number of amides is 1. The second kappa shape index (κ2) is 8.29. The highest BCUT2D eigenvalue weighted by Crippen LogP contribution is 2.44. The molecule has 0 bridgehead atoms. The molecule has 1 amide bonds. The maximum absolute atomic E-state index is 12.2. The van der Waals surface area contributed by atoms with Crippen LogP contribution >= 0.6 is 0 Å². The molecule has 4 rings (SSSR count). The molecule has 0 saturated carbocycles. The fourth-order valence-corrected chi connectivity index (χ4v) is 4.54. The van der Waals surface area contributed by atoms with Crippen molar-refractivity contribution >= 4 is 21.6 Å². The maximum atomic E-state index is 12.2. The summed E-state index contributed by atoms with van der Waals surface area (Å²) in [7, 11) is -3.80. The van der Waals surface area contributed by atoms with Crippen LogP contribution in [-0.2, 0) is 43.2 Å². The highest BCUT2D eigenvalue weighted by atomic mass is 32.2. The Labute approximate surface area is 186 Å². The summed E-state index contributed by atoms with van der Waals surface area (Å²) in [6, 6.07) is 5.50. The highest BCUT2D eigenvalue weighted by Gasteiger charge is 2.60. The van der Waals surface area contributed by atoms with Crippen LogP contribution in [0, 0.1) is 0 Å². The molecular formula is C20H28N2O9S. The Kier molecular flexibility index (Phi) is 6.09. The average Bonchev–Trinajstić information content (AvgIpc) is 3.15. The van der Waals surface area contributed by atoms with Crippen LogP contribution in [0.1, 0.15) is 27.7 Å². The molecule has 1 aromatic carbocycles. The number of fused-ring (bicyclic) bond motifs is 3. The van der Waals surface area contributed by atoms with Gasteiger partial charge in [-0.1, -0.05) is 0 Å². The Balaban J connectivity index is 1.32. The van der Waals surface area contributed by atoms with Crippen LogP contribution in [0.3, 0.4) is 0 Å². The minimum atomic E-state index is -3.80. The Morgan fingerprint density at radius 2 is 1.59 bits per heavy atom. The fraction of sp³-hybridized carbons (Fsp3) is 0.650. The summed E-state index contributed by atoms with van der Waals surface area (Å²) in [6.07, 6.45) is -2.44. The number of carbonyl (C=O) groups is 1. The lowest BCUT2D eigenvalue weighted by Gasteiger charge is -2.37. The number of hydrogen-bond acceptors (Lipinski definition) is 9. The largest absolute Gasteiger partial charge is 0.369 e. The summed E-state index contributed by atoms with van der Waals surface area (Å²) in [5.41, 5.74) is 0.413. The van der Waals surface area contributed by atoms with Gasteiger partial charge in [0.1, 0.15) is 31.0 Å². The van der Waals surface area contributed by atoms with E-state index in [1.165, 1.54) is 24.3 Å². The van der Waals surface area contributed by atoms with Gasteiger partial charge in [-0.05, 0) is 52.0 Å². The van der Waals surface area contributed by atoms with E-state index in [1.54, 1.807) is 13.8 Å². The second-order valence-electron chi connectivity index (χ2n) is 8.84. The predicted molar refractivity (Wildman–Crippen MR) is 110 cm³/mol. The molecule has 5 atom stereocenters. The molecule has 3 aliphatic heterocycles. The summed E-state index contributed by atoms with van der Waals surface area (Å²) in [5, 5.41) is 7.69. The zero-order valence-corrected chi connectivity index (χ0v) is 19.1. The Morgan fingerprint density at radius 3 is 2.25 bits per heavy atom. The van der Waals surface area contributed by atoms with Crippen LogP contribution in [0.5, 0.6) is 0 Å². The Bertz CT molecular complexity index is 964. The molecule has 3 heterocycles. The molecule has 178 valence electrons. The molecule has 0 unspecified atom stereocenters. The molecular weight excluding hydrogens is 444 g/mol. The zero-order valence-electron chi connectivity index (χ0n) is 18.3. The summed E-state index contributed by atoms with van der Waals surface area (Å²) in [6.45, 7) is 7.06. The predicted octanol–water partition coefficient (Wildman–Crippen LogP) is 0.686. The van der Waals surface area contributed by atoms with Crippen molar-refractivity contribution in [2.45, 2.75) is 74.9 Å². The normalized spacial score (nSPS) is 32.8. The number of ether oxygens (including phenoxy) is 6. The average molecular weight is 473 g/mol. The van der Waals surface area contributed by atoms with E-state index < -0.39 is 58.2 Å². The summed E-state index contributed by atoms with van der Waals surface area (Å²) in [4.78, 5) is 12.2. The molecule has 3 aliphatic rings. The molecule has 11 nitrogen and oxygen atoms in total. The molecule has 3 N–H and O–H groups in total. The third-order valence-electron chi connectivity index (χ3n) is 5.23. The fourth-order valence-electron chi connectivity index (χ4n) is 4.02. The molecule has 32 heavy (non-hydrogen) atoms. The van der Waals surface area contributed by atoms with Crippen LogP contribution in [0.4, 0.5) is 5.69 Å². The van der Waals surface area contributed by atoms with Gasteiger partial charge in [0.05, 0.1) is 11.5 Å². The number of nitrogens with one attached hydrogen (secondary N) is 1. The van der Waals surface area contributed by atoms with Crippen molar-refractivity contribution in [3.05, 3.63) is 24.3 Å². The van der Waals surface area contributed by atoms with Crippen molar-refractivity contribution in [3.63, 3.8) is 0 Å². The van der Waals surface area contributed by atoms with Crippen molar-refractivity contribution in [2.75, 3.05) is 18.5 Å². The highest BCUT2D eigenvalue weighted by molar-refractivity contribution is 7.89. The molecule has 3 saturated heterocycles. The van der Waals surface area contributed by atoms with Crippen LogP contribution in [0.25, 0.3) is 0 Å². The van der Waals surface area contributed by atoms with Gasteiger partial charge in [0, 0.05) is 5.69 Å². The van der Waals surface area contributed by atoms with Crippen molar-refractivity contribution in [2.24, 2.45) is 5.14 Å². The van der Waals surface area contributed by atoms with E-state index in [2.05, 4.69) is 5.32 Å². The Morgan fingerprint density at radius 1 is 1.00 bits per heavy atom. The quantitative estimate of drug-likeness (QED) is 0.611. The van der Waals surface area contributed by atoms with Crippen LogP contribution in [0.15, 0.2) is 29.2 Å². The van der Waals surface area contributed by atoms with Crippen molar-refractivity contribution in [1.29, 1.82) is 0 Å². The van der Waals surface area contributed by atoms with Crippen LogP contribution < -0.4 is 10.5 Å². The van der Waals surface area contributed by atoms with E-state index in [0.717, 1.165) is 0 Å². The first-order chi connectivity index (χ1) is 14.8. The van der Waals surface area contributed by atoms with E-state index in [1.807, 2.05) is 13.8 Å². The van der Waals surface area contributed by atoms with E-state index in [-0.39, 0.29) is 18.1 Å². The number of anilines is 1. The van der Waals surface area contributed by atoms with E-state index in [4.69, 9.17) is 33.6 Å². The smallest absolute Gasteiger partial charge is 0.250 e. The van der Waals surface area contributed by atoms with Gasteiger partial charge in [0.15, 0.2) is 17.9 Å². The Hall–Kier alpha value is -1.64. The first kappa shape index (κ1) is 23.5. The number of sulfonamides is 1. The van der Waals surface area contributed by atoms with Crippen molar-refractivity contribution in [3.8, 4) is 0 Å². The molecule has 0 aliphatic carbocycles. The topological polar surface area (TPSA) is 145 Å². The van der Waals surface area contributed by atoms with Gasteiger partial charge in [0.2, 0.25) is 15.9 Å². The molecule has 12 heteroatoms. The lowest BCUT2D eigenvalue weighted by atomic mass is 9.99. The molecule has 1 aromatic rings. The lowest BCUT2D eigenvalue weighted by molar-refractivity contribution is -0.242. The number of hydrogen-bond donors (Lipinski definition) is 2.